The molecule has 3 atom stereocenters. The van der Waals surface area contributed by atoms with Crippen molar-refractivity contribution in [3.05, 3.63) is 59.4 Å². The van der Waals surface area contributed by atoms with Crippen LogP contribution in [-0.4, -0.2) is 5.78 Å². The predicted octanol–water partition coefficient (Wildman–Crippen LogP) is 8.65. The van der Waals surface area contributed by atoms with Gasteiger partial charge in [0.15, 0.2) is 5.78 Å². The average molecular weight is 423 g/mol. The van der Waals surface area contributed by atoms with Crippen molar-refractivity contribution < 1.29 is 9.18 Å². The smallest absolute Gasteiger partial charge is 0.163 e. The summed E-state index contributed by atoms with van der Waals surface area (Å²) in [5, 5.41) is 0. The van der Waals surface area contributed by atoms with Crippen LogP contribution in [0.1, 0.15) is 94.5 Å². The van der Waals surface area contributed by atoms with Crippen LogP contribution in [0.4, 0.5) is 4.39 Å². The molecule has 0 spiro atoms. The Morgan fingerprint density at radius 3 is 2.42 bits per heavy atom. The maximum Gasteiger partial charge on any atom is 0.163 e. The highest BCUT2D eigenvalue weighted by molar-refractivity contribution is 5.96. The Morgan fingerprint density at radius 2 is 1.77 bits per heavy atom. The van der Waals surface area contributed by atoms with Crippen LogP contribution in [0, 0.1) is 23.6 Å². The molecule has 0 bridgehead atoms. The van der Waals surface area contributed by atoms with Crippen LogP contribution in [0.5, 0.6) is 0 Å². The molecule has 0 heterocycles. The van der Waals surface area contributed by atoms with Crippen LogP contribution < -0.4 is 0 Å². The lowest BCUT2D eigenvalue weighted by Gasteiger charge is -2.34. The Balaban J connectivity index is 1.60. The van der Waals surface area contributed by atoms with Crippen molar-refractivity contribution in [2.45, 2.75) is 85.0 Å². The normalized spacial score (nSPS) is 21.2. The lowest BCUT2D eigenvalue weighted by molar-refractivity contribution is 0.0904. The first-order chi connectivity index (χ1) is 15.0. The molecule has 31 heavy (non-hydrogen) atoms. The van der Waals surface area contributed by atoms with Crippen LogP contribution >= 0.6 is 0 Å². The van der Waals surface area contributed by atoms with Crippen molar-refractivity contribution in [1.29, 1.82) is 0 Å². The predicted molar refractivity (Wildman–Crippen MR) is 129 cm³/mol. The minimum absolute atomic E-state index is 0.175. The molecular weight excluding hydrogens is 383 g/mol. The largest absolute Gasteiger partial charge is 0.294 e. The summed E-state index contributed by atoms with van der Waals surface area (Å²) in [6.07, 6.45) is 11.3. The summed E-state index contributed by atoms with van der Waals surface area (Å²) >= 11 is 0. The van der Waals surface area contributed by atoms with Crippen LogP contribution in [0.2, 0.25) is 0 Å². The van der Waals surface area contributed by atoms with E-state index in [1.807, 2.05) is 36.4 Å². The Bertz CT molecular complexity index is 838. The number of carbonyl (C=O) groups excluding carboxylic acids is 1. The molecule has 168 valence electrons. The summed E-state index contributed by atoms with van der Waals surface area (Å²) in [7, 11) is 0. The maximum atomic E-state index is 14.7. The number of rotatable bonds is 10. The molecule has 0 saturated heterocycles. The van der Waals surface area contributed by atoms with Crippen LogP contribution in [0.15, 0.2) is 42.5 Å². The van der Waals surface area contributed by atoms with Gasteiger partial charge in [-0.05, 0) is 60.6 Å². The Morgan fingerprint density at radius 1 is 1.00 bits per heavy atom. The van der Waals surface area contributed by atoms with E-state index >= 15 is 0 Å². The molecule has 1 unspecified atom stereocenters. The van der Waals surface area contributed by atoms with E-state index in [-0.39, 0.29) is 11.6 Å². The number of unbranched alkanes of at least 4 members (excludes halogenated alkanes) is 2. The summed E-state index contributed by atoms with van der Waals surface area (Å²) in [5.74, 6) is 2.02. The highest BCUT2D eigenvalue weighted by Gasteiger charge is 2.28. The summed E-state index contributed by atoms with van der Waals surface area (Å²) in [6.45, 7) is 6.76. The first-order valence-corrected chi connectivity index (χ1v) is 12.4. The number of hydrogen-bond acceptors (Lipinski definition) is 1. The third-order valence-corrected chi connectivity index (χ3v) is 7.22. The first-order valence-electron chi connectivity index (χ1n) is 12.4. The van der Waals surface area contributed by atoms with Gasteiger partial charge in [0, 0.05) is 17.5 Å². The van der Waals surface area contributed by atoms with Crippen molar-refractivity contribution in [3.63, 3.8) is 0 Å². The minimum atomic E-state index is -0.175. The van der Waals surface area contributed by atoms with E-state index in [2.05, 4.69) is 20.8 Å². The van der Waals surface area contributed by atoms with E-state index in [9.17, 15) is 9.18 Å². The lowest BCUT2D eigenvalue weighted by atomic mass is 9.71. The molecule has 0 aromatic heterocycles. The van der Waals surface area contributed by atoms with Crippen LogP contribution in [0.3, 0.4) is 0 Å². The van der Waals surface area contributed by atoms with Crippen molar-refractivity contribution in [3.8, 4) is 11.1 Å². The molecule has 3 rings (SSSR count). The van der Waals surface area contributed by atoms with Gasteiger partial charge < -0.3 is 0 Å². The van der Waals surface area contributed by atoms with E-state index in [0.717, 1.165) is 35.4 Å². The molecule has 2 aromatic rings. The minimum Gasteiger partial charge on any atom is -0.294 e. The van der Waals surface area contributed by atoms with Gasteiger partial charge in [0.25, 0.3) is 0 Å². The Kier molecular flexibility index (Phi) is 8.87. The van der Waals surface area contributed by atoms with Crippen LogP contribution in [0.25, 0.3) is 11.1 Å². The van der Waals surface area contributed by atoms with E-state index in [1.165, 1.54) is 44.9 Å². The zero-order chi connectivity index (χ0) is 22.2. The summed E-state index contributed by atoms with van der Waals surface area (Å²) in [6, 6.07) is 13.1. The van der Waals surface area contributed by atoms with Crippen molar-refractivity contribution in [2.24, 2.45) is 17.8 Å². The average Bonchev–Trinajstić information content (AvgIpc) is 2.76. The van der Waals surface area contributed by atoms with Gasteiger partial charge in [0.2, 0.25) is 0 Å². The quantitative estimate of drug-likeness (QED) is 0.276. The molecule has 0 radical (unpaired) electrons. The van der Waals surface area contributed by atoms with Crippen molar-refractivity contribution in [1.82, 2.24) is 0 Å². The second-order valence-electron chi connectivity index (χ2n) is 9.68. The van der Waals surface area contributed by atoms with Gasteiger partial charge in [-0.25, -0.2) is 4.39 Å². The number of benzene rings is 2. The van der Waals surface area contributed by atoms with E-state index < -0.39 is 0 Å². The molecule has 2 heteroatoms. The van der Waals surface area contributed by atoms with Gasteiger partial charge in [-0.1, -0.05) is 89.3 Å². The van der Waals surface area contributed by atoms with Gasteiger partial charge in [-0.3, -0.25) is 4.79 Å². The second-order valence-corrected chi connectivity index (χ2v) is 9.68. The zero-order valence-corrected chi connectivity index (χ0v) is 19.6. The van der Waals surface area contributed by atoms with Crippen molar-refractivity contribution in [2.75, 3.05) is 0 Å². The summed E-state index contributed by atoms with van der Waals surface area (Å²) in [4.78, 5) is 12.9. The monoisotopic (exact) mass is 422 g/mol. The highest BCUT2D eigenvalue weighted by Crippen LogP contribution is 2.38. The molecule has 2 aromatic carbocycles. The standard InChI is InChI=1S/C29H39FO/c1-4-6-7-9-23-11-17-27(28(30)19-23)24-13-15-25(16-14-24)29(31)20-26-12-10-22(8-5-2)18-21(26)3/h11,13-17,19,21-22,26H,4-10,12,18,20H2,1-3H3/t21-,22?,26+/m1/s1. The molecule has 1 fully saturated rings. The summed E-state index contributed by atoms with van der Waals surface area (Å²) in [5.41, 5.74) is 3.26. The SMILES string of the molecule is CCCCCc1ccc(-c2ccc(C(=O)C[C@@H]3CCC(CCC)C[C@H]3C)cc2)c(F)c1. The molecule has 0 aliphatic heterocycles. The van der Waals surface area contributed by atoms with E-state index in [4.69, 9.17) is 0 Å². The van der Waals surface area contributed by atoms with Gasteiger partial charge in [-0.15, -0.1) is 0 Å². The van der Waals surface area contributed by atoms with Gasteiger partial charge in [-0.2, -0.15) is 0 Å². The number of carbonyl (C=O) groups is 1. The summed E-state index contributed by atoms with van der Waals surface area (Å²) < 4.78 is 14.7. The zero-order valence-electron chi connectivity index (χ0n) is 19.6. The number of ketones is 1. The second kappa shape index (κ2) is 11.6. The van der Waals surface area contributed by atoms with Gasteiger partial charge in [0.1, 0.15) is 5.82 Å². The molecule has 0 N–H and O–H groups in total. The number of aryl methyl sites for hydroxylation is 1. The fraction of sp³-hybridized carbons (Fsp3) is 0.552. The highest BCUT2D eigenvalue weighted by atomic mass is 19.1. The lowest BCUT2D eigenvalue weighted by Crippen LogP contribution is -2.25. The van der Waals surface area contributed by atoms with Gasteiger partial charge in [0.05, 0.1) is 0 Å². The van der Waals surface area contributed by atoms with E-state index in [1.54, 1.807) is 6.07 Å². The van der Waals surface area contributed by atoms with Crippen LogP contribution in [-0.2, 0) is 6.42 Å². The fourth-order valence-electron chi connectivity index (χ4n) is 5.26. The van der Waals surface area contributed by atoms with Crippen molar-refractivity contribution >= 4 is 5.78 Å². The van der Waals surface area contributed by atoms with E-state index in [0.29, 0.717) is 23.8 Å². The molecule has 1 aliphatic rings. The first kappa shape index (κ1) is 23.7. The number of Topliss-reactive ketones (excluding diaryl/α,β-unsaturated/α-hetero) is 1. The molecule has 1 aliphatic carbocycles. The number of halogens is 1. The topological polar surface area (TPSA) is 17.1 Å². The molecule has 1 nitrogen and oxygen atoms in total. The number of hydrogen-bond donors (Lipinski definition) is 0. The van der Waals surface area contributed by atoms with Gasteiger partial charge >= 0.3 is 0 Å². The molecule has 1 saturated carbocycles. The third-order valence-electron chi connectivity index (χ3n) is 7.22. The maximum absolute atomic E-state index is 14.7. The molecular formula is C29H39FO. The fourth-order valence-corrected chi connectivity index (χ4v) is 5.26. The Labute approximate surface area is 188 Å². The molecule has 0 amide bonds. The third kappa shape index (κ3) is 6.51. The Hall–Kier alpha value is -1.96.